The number of halogens is 3. The minimum atomic E-state index is -4.34. The summed E-state index contributed by atoms with van der Waals surface area (Å²) in [7, 11) is 0. The standard InChI is InChI=1S/C14H13F3N2S/c15-14(16,17)13-12(18-9-20-13)10-3-5-11(6-4-10)19-7-1-2-8-19/h3-6,9H,1-2,7-8H2. The molecule has 6 heteroatoms. The molecule has 1 saturated heterocycles. The molecule has 0 atom stereocenters. The predicted octanol–water partition coefficient (Wildman–Crippen LogP) is 4.43. The molecule has 0 amide bonds. The van der Waals surface area contributed by atoms with Crippen molar-refractivity contribution in [2.75, 3.05) is 18.0 Å². The van der Waals surface area contributed by atoms with Crippen LogP contribution in [0.4, 0.5) is 18.9 Å². The Morgan fingerprint density at radius 3 is 2.30 bits per heavy atom. The van der Waals surface area contributed by atoms with Crippen molar-refractivity contribution in [3.63, 3.8) is 0 Å². The summed E-state index contributed by atoms with van der Waals surface area (Å²) in [4.78, 5) is 5.48. The fraction of sp³-hybridized carbons (Fsp3) is 0.357. The van der Waals surface area contributed by atoms with E-state index in [9.17, 15) is 13.2 Å². The second-order valence-electron chi connectivity index (χ2n) is 4.77. The SMILES string of the molecule is FC(F)(F)c1scnc1-c1ccc(N2CCCC2)cc1. The molecular formula is C14H13F3N2S. The van der Waals surface area contributed by atoms with Crippen LogP contribution in [0.2, 0.25) is 0 Å². The summed E-state index contributed by atoms with van der Waals surface area (Å²) in [5.74, 6) is 0. The van der Waals surface area contributed by atoms with Gasteiger partial charge in [-0.15, -0.1) is 11.3 Å². The number of rotatable bonds is 2. The van der Waals surface area contributed by atoms with Gasteiger partial charge in [-0.2, -0.15) is 13.2 Å². The zero-order valence-electron chi connectivity index (χ0n) is 10.7. The molecule has 0 spiro atoms. The Morgan fingerprint density at radius 2 is 1.70 bits per heavy atom. The molecule has 0 radical (unpaired) electrons. The van der Waals surface area contributed by atoms with Crippen molar-refractivity contribution in [3.8, 4) is 11.3 Å². The maximum atomic E-state index is 12.9. The van der Waals surface area contributed by atoms with Gasteiger partial charge in [-0.25, -0.2) is 4.98 Å². The molecule has 0 aliphatic carbocycles. The van der Waals surface area contributed by atoms with E-state index in [2.05, 4.69) is 9.88 Å². The van der Waals surface area contributed by atoms with Gasteiger partial charge in [-0.05, 0) is 25.0 Å². The van der Waals surface area contributed by atoms with E-state index in [1.165, 1.54) is 18.4 Å². The van der Waals surface area contributed by atoms with Crippen LogP contribution >= 0.6 is 11.3 Å². The van der Waals surface area contributed by atoms with Gasteiger partial charge in [0.05, 0.1) is 11.2 Å². The Bertz CT molecular complexity index is 583. The quantitative estimate of drug-likeness (QED) is 0.815. The highest BCUT2D eigenvalue weighted by Crippen LogP contribution is 2.39. The van der Waals surface area contributed by atoms with Crippen LogP contribution < -0.4 is 4.90 Å². The summed E-state index contributed by atoms with van der Waals surface area (Å²) in [6, 6.07) is 7.19. The van der Waals surface area contributed by atoms with Crippen molar-refractivity contribution in [3.05, 3.63) is 34.7 Å². The van der Waals surface area contributed by atoms with E-state index in [1.807, 2.05) is 12.1 Å². The summed E-state index contributed by atoms with van der Waals surface area (Å²) in [5.41, 5.74) is 2.85. The monoisotopic (exact) mass is 298 g/mol. The van der Waals surface area contributed by atoms with Gasteiger partial charge in [0.15, 0.2) is 0 Å². The molecule has 2 nitrogen and oxygen atoms in total. The van der Waals surface area contributed by atoms with E-state index < -0.39 is 11.1 Å². The van der Waals surface area contributed by atoms with Crippen LogP contribution in [0, 0.1) is 0 Å². The molecule has 2 aromatic rings. The van der Waals surface area contributed by atoms with Gasteiger partial charge in [-0.3, -0.25) is 0 Å². The number of alkyl halides is 3. The molecule has 1 aromatic carbocycles. The highest BCUT2D eigenvalue weighted by Gasteiger charge is 2.36. The zero-order chi connectivity index (χ0) is 14.2. The molecule has 1 aliphatic heterocycles. The average molecular weight is 298 g/mol. The van der Waals surface area contributed by atoms with E-state index in [0.29, 0.717) is 16.9 Å². The lowest BCUT2D eigenvalue weighted by atomic mass is 10.1. The highest BCUT2D eigenvalue weighted by molar-refractivity contribution is 7.10. The third-order valence-corrected chi connectivity index (χ3v) is 4.31. The molecule has 0 saturated carbocycles. The van der Waals surface area contributed by atoms with Crippen LogP contribution in [0.25, 0.3) is 11.3 Å². The van der Waals surface area contributed by atoms with Crippen molar-refractivity contribution >= 4 is 17.0 Å². The number of aromatic nitrogens is 1. The van der Waals surface area contributed by atoms with Crippen molar-refractivity contribution in [2.45, 2.75) is 19.0 Å². The molecule has 20 heavy (non-hydrogen) atoms. The summed E-state index contributed by atoms with van der Waals surface area (Å²) in [6.07, 6.45) is -2.00. The minimum absolute atomic E-state index is 0.0236. The Kier molecular flexibility index (Phi) is 3.41. The van der Waals surface area contributed by atoms with Gasteiger partial charge in [0, 0.05) is 24.3 Å². The molecule has 1 aliphatic rings. The van der Waals surface area contributed by atoms with Crippen molar-refractivity contribution < 1.29 is 13.2 Å². The number of anilines is 1. The minimum Gasteiger partial charge on any atom is -0.372 e. The first-order valence-electron chi connectivity index (χ1n) is 6.42. The van der Waals surface area contributed by atoms with Crippen LogP contribution in [0.5, 0.6) is 0 Å². The first-order valence-corrected chi connectivity index (χ1v) is 7.30. The zero-order valence-corrected chi connectivity index (χ0v) is 11.5. The molecule has 0 bridgehead atoms. The van der Waals surface area contributed by atoms with Gasteiger partial charge in [0.25, 0.3) is 0 Å². The second-order valence-corrected chi connectivity index (χ2v) is 5.62. The first-order chi connectivity index (χ1) is 9.55. The third-order valence-electron chi connectivity index (χ3n) is 3.44. The topological polar surface area (TPSA) is 16.1 Å². The van der Waals surface area contributed by atoms with Crippen LogP contribution in [0.1, 0.15) is 17.7 Å². The van der Waals surface area contributed by atoms with Gasteiger partial charge >= 0.3 is 6.18 Å². The summed E-state index contributed by atoms with van der Waals surface area (Å²) < 4.78 is 38.6. The maximum absolute atomic E-state index is 12.9. The molecule has 3 rings (SSSR count). The number of benzene rings is 1. The largest absolute Gasteiger partial charge is 0.427 e. The highest BCUT2D eigenvalue weighted by atomic mass is 32.1. The second kappa shape index (κ2) is 5.09. The van der Waals surface area contributed by atoms with Crippen LogP contribution in [0.15, 0.2) is 29.8 Å². The Morgan fingerprint density at radius 1 is 1.05 bits per heavy atom. The van der Waals surface area contributed by atoms with E-state index >= 15 is 0 Å². The molecule has 1 fully saturated rings. The normalized spacial score (nSPS) is 15.8. The molecule has 2 heterocycles. The van der Waals surface area contributed by atoms with Gasteiger partial charge < -0.3 is 4.90 Å². The Balaban J connectivity index is 1.90. The molecule has 106 valence electrons. The lowest BCUT2D eigenvalue weighted by molar-refractivity contribution is -0.134. The average Bonchev–Trinajstić information content (AvgIpc) is 3.10. The third kappa shape index (κ3) is 2.52. The lowest BCUT2D eigenvalue weighted by Gasteiger charge is -2.17. The van der Waals surface area contributed by atoms with Crippen molar-refractivity contribution in [2.24, 2.45) is 0 Å². The Hall–Kier alpha value is -1.56. The summed E-state index contributed by atoms with van der Waals surface area (Å²) in [6.45, 7) is 2.04. The molecule has 0 unspecified atom stereocenters. The predicted molar refractivity (Wildman–Crippen MR) is 74.0 cm³/mol. The smallest absolute Gasteiger partial charge is 0.372 e. The van der Waals surface area contributed by atoms with Crippen molar-refractivity contribution in [1.29, 1.82) is 0 Å². The number of thiazole rings is 1. The van der Waals surface area contributed by atoms with Gasteiger partial charge in [0.1, 0.15) is 4.88 Å². The van der Waals surface area contributed by atoms with E-state index in [1.54, 1.807) is 12.1 Å². The number of hydrogen-bond acceptors (Lipinski definition) is 3. The van der Waals surface area contributed by atoms with E-state index in [4.69, 9.17) is 0 Å². The molecular weight excluding hydrogens is 285 g/mol. The molecule has 0 N–H and O–H groups in total. The number of nitrogens with zero attached hydrogens (tertiary/aromatic N) is 2. The van der Waals surface area contributed by atoms with Crippen LogP contribution in [-0.2, 0) is 6.18 Å². The fourth-order valence-corrected chi connectivity index (χ4v) is 3.14. The fourth-order valence-electron chi connectivity index (χ4n) is 2.46. The maximum Gasteiger partial charge on any atom is 0.427 e. The van der Waals surface area contributed by atoms with Crippen LogP contribution in [-0.4, -0.2) is 18.1 Å². The van der Waals surface area contributed by atoms with E-state index in [0.717, 1.165) is 18.8 Å². The molecule has 1 aromatic heterocycles. The Labute approximate surface area is 118 Å². The summed E-state index contributed by atoms with van der Waals surface area (Å²) in [5, 5.41) is 0. The summed E-state index contributed by atoms with van der Waals surface area (Å²) >= 11 is 0.634. The van der Waals surface area contributed by atoms with E-state index in [-0.39, 0.29) is 5.69 Å². The van der Waals surface area contributed by atoms with Crippen molar-refractivity contribution in [1.82, 2.24) is 4.98 Å². The first kappa shape index (κ1) is 13.4. The van der Waals surface area contributed by atoms with Gasteiger partial charge in [0.2, 0.25) is 0 Å². The van der Waals surface area contributed by atoms with Crippen LogP contribution in [0.3, 0.4) is 0 Å². The number of hydrogen-bond donors (Lipinski definition) is 0. The lowest BCUT2D eigenvalue weighted by Crippen LogP contribution is -2.17. The van der Waals surface area contributed by atoms with Gasteiger partial charge in [-0.1, -0.05) is 12.1 Å².